The molecule has 4 aromatic rings. The number of benzene rings is 3. The number of thiophene rings is 1. The van der Waals surface area contributed by atoms with Gasteiger partial charge in [0.15, 0.2) is 0 Å². The van der Waals surface area contributed by atoms with E-state index in [9.17, 15) is 5.11 Å². The molecule has 0 bridgehead atoms. The fourth-order valence-electron chi connectivity index (χ4n) is 3.02. The van der Waals surface area contributed by atoms with Crippen LogP contribution in [0.25, 0.3) is 30.9 Å². The van der Waals surface area contributed by atoms with E-state index in [1.807, 2.05) is 19.9 Å². The van der Waals surface area contributed by atoms with Gasteiger partial charge in [0, 0.05) is 19.8 Å². The van der Waals surface area contributed by atoms with E-state index in [1.165, 1.54) is 25.6 Å². The second-order valence-electron chi connectivity index (χ2n) is 7.94. The molecule has 4 rings (SSSR count). The Labute approximate surface area is 169 Å². The molecule has 137 valence electrons. The maximum atomic E-state index is 10.4. The van der Waals surface area contributed by atoms with Gasteiger partial charge in [0.25, 0.3) is 0 Å². The van der Waals surface area contributed by atoms with Crippen LogP contribution in [0.1, 0.15) is 27.7 Å². The number of fused-ring (bicyclic) bond motifs is 4. The molecule has 5 heteroatoms. The Kier molecular flexibility index (Phi) is 4.51. The second-order valence-corrected chi connectivity index (χ2v) is 9.43. The maximum absolute atomic E-state index is 10.4. The lowest BCUT2D eigenvalue weighted by Crippen LogP contribution is -2.49. The van der Waals surface area contributed by atoms with Crippen molar-refractivity contribution >= 4 is 66.8 Å². The van der Waals surface area contributed by atoms with Crippen molar-refractivity contribution in [1.82, 2.24) is 0 Å². The van der Waals surface area contributed by atoms with Crippen molar-refractivity contribution in [2.75, 3.05) is 0 Å². The zero-order valence-electron chi connectivity index (χ0n) is 15.8. The van der Waals surface area contributed by atoms with Crippen molar-refractivity contribution in [1.29, 1.82) is 0 Å². The first kappa shape index (κ1) is 18.8. The van der Waals surface area contributed by atoms with Crippen molar-refractivity contribution < 1.29 is 9.76 Å². The fourth-order valence-corrected chi connectivity index (χ4v) is 4.37. The van der Waals surface area contributed by atoms with E-state index in [1.54, 1.807) is 32.7 Å². The van der Waals surface area contributed by atoms with Gasteiger partial charge in [0.1, 0.15) is 0 Å². The summed E-state index contributed by atoms with van der Waals surface area (Å²) in [5.74, 6) is 0. The Bertz CT molecular complexity index is 1160. The number of hydrogen-bond acceptors (Lipinski definition) is 3. The zero-order valence-corrected chi connectivity index (χ0v) is 17.4. The molecule has 27 heavy (non-hydrogen) atoms. The van der Waals surface area contributed by atoms with E-state index >= 15 is 0 Å². The Hall–Kier alpha value is -1.59. The molecule has 0 aliphatic carbocycles. The highest BCUT2D eigenvalue weighted by molar-refractivity contribution is 7.26. The van der Waals surface area contributed by atoms with E-state index in [2.05, 4.69) is 42.5 Å². The Balaban J connectivity index is 1.89. The Morgan fingerprint density at radius 3 is 2.30 bits per heavy atom. The van der Waals surface area contributed by atoms with Gasteiger partial charge in [-0.25, -0.2) is 0 Å². The Morgan fingerprint density at radius 2 is 1.63 bits per heavy atom. The van der Waals surface area contributed by atoms with Gasteiger partial charge in [-0.15, -0.1) is 11.3 Å². The van der Waals surface area contributed by atoms with Gasteiger partial charge in [-0.2, -0.15) is 0 Å². The van der Waals surface area contributed by atoms with Crippen LogP contribution in [-0.2, 0) is 4.65 Å². The van der Waals surface area contributed by atoms with Crippen molar-refractivity contribution in [2.45, 2.75) is 38.9 Å². The SMILES string of the molecule is CC(C)(O)C(C)(C)O[B]c1c(Cl)ccc2sc3cc4ccccc4cc3c12. The summed E-state index contributed by atoms with van der Waals surface area (Å²) < 4.78 is 8.41. The summed E-state index contributed by atoms with van der Waals surface area (Å²) in [5.41, 5.74) is -0.888. The first-order valence-corrected chi connectivity index (χ1v) is 10.1. The average Bonchev–Trinajstić information content (AvgIpc) is 2.95. The molecular weight excluding hydrogens is 375 g/mol. The molecule has 1 aromatic heterocycles. The van der Waals surface area contributed by atoms with Gasteiger partial charge in [0.2, 0.25) is 0 Å². The quantitative estimate of drug-likeness (QED) is 0.451. The average molecular weight is 396 g/mol. The predicted molar refractivity (Wildman–Crippen MR) is 119 cm³/mol. The summed E-state index contributed by atoms with van der Waals surface area (Å²) in [4.78, 5) is 0. The maximum Gasteiger partial charge on any atom is 0.333 e. The topological polar surface area (TPSA) is 29.5 Å². The second kappa shape index (κ2) is 6.49. The molecule has 2 nitrogen and oxygen atoms in total. The van der Waals surface area contributed by atoms with E-state index in [0.29, 0.717) is 5.02 Å². The lowest BCUT2D eigenvalue weighted by Gasteiger charge is -2.37. The van der Waals surface area contributed by atoms with Crippen molar-refractivity contribution in [3.05, 3.63) is 53.6 Å². The van der Waals surface area contributed by atoms with Crippen LogP contribution in [-0.4, -0.2) is 23.8 Å². The molecule has 0 amide bonds. The lowest BCUT2D eigenvalue weighted by molar-refractivity contribution is -0.0893. The molecule has 0 unspecified atom stereocenters. The summed E-state index contributed by atoms with van der Waals surface area (Å²) in [6, 6.07) is 16.8. The van der Waals surface area contributed by atoms with Crippen molar-refractivity contribution in [3.63, 3.8) is 0 Å². The van der Waals surface area contributed by atoms with Gasteiger partial charge in [-0.1, -0.05) is 35.9 Å². The molecule has 0 fully saturated rings. The standard InChI is InChI=1S/C22H21BClO2S/c1-21(2,25)22(3,4)26-23-20-16(24)9-10-17-19(20)15-11-13-7-5-6-8-14(13)12-18(15)27-17/h5-12,25H,1-4H3. The summed E-state index contributed by atoms with van der Waals surface area (Å²) in [6.07, 6.45) is 0. The van der Waals surface area contributed by atoms with Crippen LogP contribution in [0.3, 0.4) is 0 Å². The summed E-state index contributed by atoms with van der Waals surface area (Å²) in [6.45, 7) is 7.23. The smallest absolute Gasteiger partial charge is 0.333 e. The minimum absolute atomic E-state index is 0.641. The molecule has 0 saturated carbocycles. The molecule has 3 aromatic carbocycles. The summed E-state index contributed by atoms with van der Waals surface area (Å²) in [7, 11) is 1.70. The molecular formula is C22H21BClO2S. The number of hydrogen-bond donors (Lipinski definition) is 1. The fraction of sp³-hybridized carbons (Fsp3) is 0.273. The minimum Gasteiger partial charge on any atom is -0.427 e. The number of rotatable bonds is 4. The van der Waals surface area contributed by atoms with Crippen molar-refractivity contribution in [3.8, 4) is 0 Å². The highest BCUT2D eigenvalue weighted by atomic mass is 35.5. The van der Waals surface area contributed by atoms with Crippen LogP contribution in [0.2, 0.25) is 5.02 Å². The molecule has 1 heterocycles. The molecule has 0 spiro atoms. The van der Waals surface area contributed by atoms with Gasteiger partial charge < -0.3 is 9.76 Å². The molecule has 1 N–H and O–H groups in total. The van der Waals surface area contributed by atoms with Crippen LogP contribution in [0.4, 0.5) is 0 Å². The lowest BCUT2D eigenvalue weighted by atomic mass is 9.80. The summed E-state index contributed by atoms with van der Waals surface area (Å²) in [5, 5.41) is 15.7. The van der Waals surface area contributed by atoms with Crippen LogP contribution >= 0.6 is 22.9 Å². The number of halogens is 1. The third kappa shape index (κ3) is 3.25. The monoisotopic (exact) mass is 395 g/mol. The van der Waals surface area contributed by atoms with Gasteiger partial charge in [-0.05, 0) is 73.6 Å². The normalized spacial score (nSPS) is 13.0. The highest BCUT2D eigenvalue weighted by Gasteiger charge is 2.36. The first-order chi connectivity index (χ1) is 12.7. The van der Waals surface area contributed by atoms with Crippen LogP contribution < -0.4 is 5.46 Å². The van der Waals surface area contributed by atoms with Gasteiger partial charge in [-0.3, -0.25) is 0 Å². The largest absolute Gasteiger partial charge is 0.427 e. The van der Waals surface area contributed by atoms with Crippen LogP contribution in [0.5, 0.6) is 0 Å². The van der Waals surface area contributed by atoms with Gasteiger partial charge >= 0.3 is 7.48 Å². The van der Waals surface area contributed by atoms with E-state index < -0.39 is 11.2 Å². The predicted octanol–water partition coefficient (Wildman–Crippen LogP) is 5.67. The third-order valence-corrected chi connectivity index (χ3v) is 6.88. The zero-order chi connectivity index (χ0) is 19.4. The third-order valence-electron chi connectivity index (χ3n) is 5.44. The first-order valence-electron chi connectivity index (χ1n) is 8.94. The molecule has 1 radical (unpaired) electrons. The van der Waals surface area contributed by atoms with E-state index in [0.717, 1.165) is 10.8 Å². The summed E-state index contributed by atoms with van der Waals surface area (Å²) >= 11 is 8.31. The van der Waals surface area contributed by atoms with Gasteiger partial charge in [0.05, 0.1) is 11.2 Å². The minimum atomic E-state index is -0.989. The molecule has 0 aliphatic heterocycles. The van der Waals surface area contributed by atoms with Crippen LogP contribution in [0, 0.1) is 0 Å². The Morgan fingerprint density at radius 1 is 0.963 bits per heavy atom. The van der Waals surface area contributed by atoms with E-state index in [-0.39, 0.29) is 0 Å². The van der Waals surface area contributed by atoms with E-state index in [4.69, 9.17) is 16.3 Å². The molecule has 0 aliphatic rings. The highest BCUT2D eigenvalue weighted by Crippen LogP contribution is 2.37. The van der Waals surface area contributed by atoms with Crippen LogP contribution in [0.15, 0.2) is 48.5 Å². The van der Waals surface area contributed by atoms with Crippen molar-refractivity contribution in [2.24, 2.45) is 0 Å². The molecule has 0 atom stereocenters. The number of aliphatic hydroxyl groups is 1. The molecule has 0 saturated heterocycles.